The maximum Gasteiger partial charge on any atom is 0.220 e. The molecule has 0 radical (unpaired) electrons. The van der Waals surface area contributed by atoms with Crippen LogP contribution in [-0.4, -0.2) is 34.9 Å². The lowest BCUT2D eigenvalue weighted by Gasteiger charge is -2.20. The van der Waals surface area contributed by atoms with Crippen molar-refractivity contribution in [2.75, 3.05) is 6.61 Å². The minimum absolute atomic E-state index is 0.0543. The van der Waals surface area contributed by atoms with Crippen LogP contribution in [0.3, 0.4) is 0 Å². The predicted molar refractivity (Wildman–Crippen MR) is 336 cm³/mol. The van der Waals surface area contributed by atoms with Gasteiger partial charge in [0, 0.05) is 6.42 Å². The number of hydrogen-bond acceptors (Lipinski definition) is 3. The highest BCUT2D eigenvalue weighted by Crippen LogP contribution is 2.19. The highest BCUT2D eigenvalue weighted by atomic mass is 16.3. The zero-order valence-electron chi connectivity index (χ0n) is 51.6. The minimum Gasteiger partial charge on any atom is -0.394 e. The fraction of sp³-hybridized carbons (Fsp3) is 0.930. The molecule has 0 heterocycles. The summed E-state index contributed by atoms with van der Waals surface area (Å²) >= 11 is 0. The Balaban J connectivity index is 3.37. The molecule has 0 aromatic carbocycles. The zero-order chi connectivity index (χ0) is 54.1. The molecule has 446 valence electrons. The van der Waals surface area contributed by atoms with Crippen molar-refractivity contribution in [2.24, 2.45) is 0 Å². The molecule has 0 saturated heterocycles. The molecule has 0 aliphatic carbocycles. The molecule has 0 aliphatic heterocycles. The molecular formula is C71H139NO3. The van der Waals surface area contributed by atoms with E-state index in [2.05, 4.69) is 31.3 Å². The van der Waals surface area contributed by atoms with E-state index in [4.69, 9.17) is 0 Å². The van der Waals surface area contributed by atoms with Crippen LogP contribution in [0.15, 0.2) is 24.3 Å². The second-order valence-corrected chi connectivity index (χ2v) is 24.3. The summed E-state index contributed by atoms with van der Waals surface area (Å²) in [6.07, 6.45) is 91.4. The van der Waals surface area contributed by atoms with Crippen LogP contribution in [0.1, 0.15) is 406 Å². The molecule has 0 fully saturated rings. The summed E-state index contributed by atoms with van der Waals surface area (Å²) in [4.78, 5) is 12.5. The van der Waals surface area contributed by atoms with E-state index in [-0.39, 0.29) is 12.5 Å². The molecule has 0 bridgehead atoms. The molecule has 4 nitrogen and oxygen atoms in total. The predicted octanol–water partition coefficient (Wildman–Crippen LogP) is 23.8. The number of carbonyl (C=O) groups is 1. The topological polar surface area (TPSA) is 69.6 Å². The average molecular weight is 1050 g/mol. The van der Waals surface area contributed by atoms with E-state index in [0.717, 1.165) is 25.7 Å². The van der Waals surface area contributed by atoms with Crippen molar-refractivity contribution in [1.29, 1.82) is 0 Å². The van der Waals surface area contributed by atoms with Crippen LogP contribution in [0.4, 0.5) is 0 Å². The molecule has 75 heavy (non-hydrogen) atoms. The van der Waals surface area contributed by atoms with Crippen LogP contribution in [0.5, 0.6) is 0 Å². The number of rotatable bonds is 66. The quantitative estimate of drug-likeness (QED) is 0.0420. The standard InChI is InChI=1S/C71H139NO3/c1-3-5-7-9-11-13-15-17-19-21-23-25-27-28-29-30-31-32-33-34-35-36-37-38-39-40-41-42-43-44-45-47-49-51-53-55-57-59-61-63-65-67-71(75)72-69(68-73)70(74)66-64-62-60-58-56-54-52-50-48-46-26-24-22-20-18-16-14-12-10-8-6-4-2/h21,23,64,66,69-70,73-74H,3-20,22,24-63,65,67-68H2,1-2H3,(H,72,75)/b23-21-,66-64+. The molecule has 3 N–H and O–H groups in total. The number of hydrogen-bond donors (Lipinski definition) is 3. The Bertz CT molecular complexity index is 1100. The molecule has 4 heteroatoms. The molecule has 0 aromatic rings. The smallest absolute Gasteiger partial charge is 0.220 e. The summed E-state index contributed by atoms with van der Waals surface area (Å²) in [6.45, 7) is 4.36. The van der Waals surface area contributed by atoms with Gasteiger partial charge in [-0.25, -0.2) is 0 Å². The fourth-order valence-corrected chi connectivity index (χ4v) is 11.4. The molecule has 0 spiro atoms. The van der Waals surface area contributed by atoms with Crippen LogP contribution >= 0.6 is 0 Å². The number of amides is 1. The summed E-state index contributed by atoms with van der Waals surface area (Å²) in [6, 6.07) is -0.620. The van der Waals surface area contributed by atoms with Gasteiger partial charge in [-0.1, -0.05) is 378 Å². The summed E-state index contributed by atoms with van der Waals surface area (Å²) in [5.74, 6) is -0.0543. The van der Waals surface area contributed by atoms with Gasteiger partial charge in [-0.2, -0.15) is 0 Å². The minimum atomic E-state index is -0.837. The zero-order valence-corrected chi connectivity index (χ0v) is 51.6. The van der Waals surface area contributed by atoms with E-state index in [1.54, 1.807) is 6.08 Å². The van der Waals surface area contributed by atoms with E-state index >= 15 is 0 Å². The monoisotopic (exact) mass is 1050 g/mol. The number of nitrogens with one attached hydrogen (secondary N) is 1. The first-order chi connectivity index (χ1) is 37.2. The molecule has 0 saturated carbocycles. The van der Waals surface area contributed by atoms with Crippen LogP contribution in [0, 0.1) is 0 Å². The lowest BCUT2D eigenvalue weighted by atomic mass is 10.0. The van der Waals surface area contributed by atoms with Gasteiger partial charge in [-0.05, 0) is 44.9 Å². The Morgan fingerprint density at radius 2 is 0.507 bits per heavy atom. The molecule has 2 atom stereocenters. The van der Waals surface area contributed by atoms with E-state index in [1.807, 2.05) is 6.08 Å². The largest absolute Gasteiger partial charge is 0.394 e. The maximum absolute atomic E-state index is 12.5. The molecule has 1 amide bonds. The maximum atomic E-state index is 12.5. The average Bonchev–Trinajstić information content (AvgIpc) is 3.41. The SMILES string of the molecule is CCCCCCCCCC/C=C\CCCCCCCCCCCCCCCCCCCCCCCCCCCCCCCC(=O)NC(CO)C(O)/C=C/CCCCCCCCCCCCCCCCCCCCCC. The van der Waals surface area contributed by atoms with Gasteiger partial charge in [0.15, 0.2) is 0 Å². The van der Waals surface area contributed by atoms with Gasteiger partial charge in [-0.3, -0.25) is 4.79 Å². The molecule has 2 unspecified atom stereocenters. The second-order valence-electron chi connectivity index (χ2n) is 24.3. The lowest BCUT2D eigenvalue weighted by Crippen LogP contribution is -2.45. The van der Waals surface area contributed by atoms with E-state index in [1.165, 1.54) is 360 Å². The number of unbranched alkanes of at least 4 members (excludes halogenated alkanes) is 57. The Labute approximate surface area is 472 Å². The van der Waals surface area contributed by atoms with Gasteiger partial charge in [0.2, 0.25) is 5.91 Å². The normalized spacial score (nSPS) is 12.7. The Hall–Kier alpha value is -1.13. The van der Waals surface area contributed by atoms with Gasteiger partial charge >= 0.3 is 0 Å². The van der Waals surface area contributed by atoms with Crippen molar-refractivity contribution in [3.8, 4) is 0 Å². The van der Waals surface area contributed by atoms with Crippen molar-refractivity contribution < 1.29 is 15.0 Å². The van der Waals surface area contributed by atoms with Gasteiger partial charge in [0.25, 0.3) is 0 Å². The number of allylic oxidation sites excluding steroid dienone is 3. The summed E-state index contributed by atoms with van der Waals surface area (Å²) < 4.78 is 0. The highest BCUT2D eigenvalue weighted by molar-refractivity contribution is 5.76. The lowest BCUT2D eigenvalue weighted by molar-refractivity contribution is -0.123. The summed E-state index contributed by atoms with van der Waals surface area (Å²) in [5.41, 5.74) is 0. The second kappa shape index (κ2) is 67.1. The fourth-order valence-electron chi connectivity index (χ4n) is 11.4. The summed E-state index contributed by atoms with van der Waals surface area (Å²) in [5, 5.41) is 23.3. The Kier molecular flexibility index (Phi) is 66.1. The summed E-state index contributed by atoms with van der Waals surface area (Å²) in [7, 11) is 0. The van der Waals surface area contributed by atoms with E-state index in [9.17, 15) is 15.0 Å². The molecule has 0 rings (SSSR count). The first kappa shape index (κ1) is 73.9. The van der Waals surface area contributed by atoms with Gasteiger partial charge < -0.3 is 15.5 Å². The highest BCUT2D eigenvalue weighted by Gasteiger charge is 2.18. The molecule has 0 aliphatic rings. The number of carbonyl (C=O) groups excluding carboxylic acids is 1. The first-order valence-corrected chi connectivity index (χ1v) is 35.1. The van der Waals surface area contributed by atoms with E-state index in [0.29, 0.717) is 6.42 Å². The van der Waals surface area contributed by atoms with Crippen LogP contribution < -0.4 is 5.32 Å². The van der Waals surface area contributed by atoms with Crippen LogP contribution in [0.2, 0.25) is 0 Å². The van der Waals surface area contributed by atoms with Gasteiger partial charge in [0.05, 0.1) is 18.8 Å². The van der Waals surface area contributed by atoms with Crippen molar-refractivity contribution in [2.45, 2.75) is 418 Å². The third-order valence-electron chi connectivity index (χ3n) is 16.7. The third-order valence-corrected chi connectivity index (χ3v) is 16.7. The van der Waals surface area contributed by atoms with Gasteiger partial charge in [-0.15, -0.1) is 0 Å². The molecule has 0 aromatic heterocycles. The van der Waals surface area contributed by atoms with Crippen molar-refractivity contribution in [1.82, 2.24) is 5.32 Å². The van der Waals surface area contributed by atoms with Crippen molar-refractivity contribution in [3.05, 3.63) is 24.3 Å². The van der Waals surface area contributed by atoms with Crippen molar-refractivity contribution in [3.63, 3.8) is 0 Å². The third kappa shape index (κ3) is 63.6. The Morgan fingerprint density at radius 3 is 0.733 bits per heavy atom. The number of aliphatic hydroxyl groups excluding tert-OH is 2. The molecular weight excluding hydrogens is 915 g/mol. The Morgan fingerprint density at radius 1 is 0.307 bits per heavy atom. The number of aliphatic hydroxyl groups is 2. The van der Waals surface area contributed by atoms with Crippen LogP contribution in [-0.2, 0) is 4.79 Å². The van der Waals surface area contributed by atoms with Gasteiger partial charge in [0.1, 0.15) is 0 Å². The van der Waals surface area contributed by atoms with Crippen LogP contribution in [0.25, 0.3) is 0 Å². The van der Waals surface area contributed by atoms with Crippen molar-refractivity contribution >= 4 is 5.91 Å². The van der Waals surface area contributed by atoms with E-state index < -0.39 is 12.1 Å². The first-order valence-electron chi connectivity index (χ1n) is 35.1.